The van der Waals surface area contributed by atoms with Crippen molar-refractivity contribution >= 4 is 17.9 Å². The van der Waals surface area contributed by atoms with Gasteiger partial charge in [-0.15, -0.1) is 0 Å². The zero-order chi connectivity index (χ0) is 59.2. The third kappa shape index (κ3) is 67.9. The van der Waals surface area contributed by atoms with Crippen molar-refractivity contribution in [1.82, 2.24) is 0 Å². The van der Waals surface area contributed by atoms with Crippen molar-refractivity contribution < 1.29 is 28.6 Å². The van der Waals surface area contributed by atoms with E-state index in [1.807, 2.05) is 0 Å². The summed E-state index contributed by atoms with van der Waals surface area (Å²) in [7, 11) is 0. The maximum atomic E-state index is 13.0. The summed E-state index contributed by atoms with van der Waals surface area (Å²) in [4.78, 5) is 38.5. The van der Waals surface area contributed by atoms with E-state index < -0.39 is 6.10 Å². The molecule has 0 bridgehead atoms. The van der Waals surface area contributed by atoms with Crippen LogP contribution < -0.4 is 0 Å². The van der Waals surface area contributed by atoms with E-state index in [2.05, 4.69) is 81.5 Å². The minimum atomic E-state index is -0.787. The first-order valence-corrected chi connectivity index (χ1v) is 36.3. The Bertz CT molecular complexity index is 1460. The molecule has 0 aromatic carbocycles. The smallest absolute Gasteiger partial charge is 0.306 e. The van der Waals surface area contributed by atoms with Gasteiger partial charge in [-0.25, -0.2) is 0 Å². The van der Waals surface area contributed by atoms with Gasteiger partial charge in [0.1, 0.15) is 13.2 Å². The highest BCUT2D eigenvalue weighted by molar-refractivity contribution is 5.71. The SMILES string of the molecule is CC/C=C\C/C=C\C/C=C\C/C=C\C/C=C\CCCCCC(=O)OCC(COC(=O)CCCCCCCCCCCCCCCCCCCCCCCCCC)OC(=O)CCCCCCCCCCCCCCCCCCCCCCC. The second-order valence-corrected chi connectivity index (χ2v) is 24.5. The molecule has 0 aromatic heterocycles. The quantitative estimate of drug-likeness (QED) is 0.0261. The summed E-state index contributed by atoms with van der Waals surface area (Å²) < 4.78 is 17.0. The highest BCUT2D eigenvalue weighted by Crippen LogP contribution is 2.19. The monoisotopic (exact) mass is 1150 g/mol. The van der Waals surface area contributed by atoms with Crippen molar-refractivity contribution in [3.63, 3.8) is 0 Å². The van der Waals surface area contributed by atoms with Gasteiger partial charge in [0, 0.05) is 19.3 Å². The van der Waals surface area contributed by atoms with Gasteiger partial charge in [-0.2, -0.15) is 0 Å². The molecule has 0 N–H and O–H groups in total. The molecule has 0 rings (SSSR count). The zero-order valence-corrected chi connectivity index (χ0v) is 55.0. The maximum absolute atomic E-state index is 13.0. The Morgan fingerprint density at radius 2 is 0.476 bits per heavy atom. The van der Waals surface area contributed by atoms with E-state index in [1.54, 1.807) is 0 Å². The predicted octanol–water partition coefficient (Wildman–Crippen LogP) is 25.1. The molecule has 0 radical (unpaired) electrons. The third-order valence-corrected chi connectivity index (χ3v) is 16.3. The van der Waals surface area contributed by atoms with Crippen molar-refractivity contribution in [3.05, 3.63) is 60.8 Å². The molecular weight excluding hydrogens is 1010 g/mol. The number of carbonyl (C=O) groups is 3. The molecule has 478 valence electrons. The van der Waals surface area contributed by atoms with E-state index in [9.17, 15) is 14.4 Å². The van der Waals surface area contributed by atoms with Crippen LogP contribution in [0, 0.1) is 0 Å². The second kappa shape index (κ2) is 70.6. The number of hydrogen-bond donors (Lipinski definition) is 0. The second-order valence-electron chi connectivity index (χ2n) is 24.5. The lowest BCUT2D eigenvalue weighted by molar-refractivity contribution is -0.167. The molecule has 0 aliphatic rings. The van der Waals surface area contributed by atoms with Gasteiger partial charge in [-0.1, -0.05) is 364 Å². The third-order valence-electron chi connectivity index (χ3n) is 16.3. The lowest BCUT2D eigenvalue weighted by atomic mass is 10.0. The Hall–Kier alpha value is -2.89. The van der Waals surface area contributed by atoms with Gasteiger partial charge in [0.05, 0.1) is 0 Å². The van der Waals surface area contributed by atoms with Crippen LogP contribution in [0.25, 0.3) is 0 Å². The van der Waals surface area contributed by atoms with Gasteiger partial charge in [0.25, 0.3) is 0 Å². The Morgan fingerprint density at radius 3 is 0.744 bits per heavy atom. The molecule has 0 spiro atoms. The van der Waals surface area contributed by atoms with Crippen molar-refractivity contribution in [2.75, 3.05) is 13.2 Å². The standard InChI is InChI=1S/C76H138O6/c1-4-7-10-13-16-19-22-25-28-31-34-36-37-38-40-42-45-48-51-54-57-60-63-66-69-75(78)81-72-73(71-80-74(77)68-65-62-59-56-53-50-47-44-41-33-30-27-24-21-18-15-12-9-6-3)82-76(79)70-67-64-61-58-55-52-49-46-43-39-35-32-29-26-23-20-17-14-11-8-5-2/h9,12,18,21,27,30,41,44,50,53,73H,4-8,10-11,13-17,19-20,22-26,28-29,31-40,42-43,45-49,51-52,54-72H2,1-3H3/b12-9-,21-18-,30-27-,44-41-,53-50-. The molecular formula is C76H138O6. The van der Waals surface area contributed by atoms with Crippen LogP contribution >= 0.6 is 0 Å². The number of esters is 3. The van der Waals surface area contributed by atoms with Gasteiger partial charge >= 0.3 is 17.9 Å². The molecule has 0 aromatic rings. The normalized spacial score (nSPS) is 12.4. The minimum Gasteiger partial charge on any atom is -0.462 e. The average molecular weight is 1150 g/mol. The Balaban J connectivity index is 4.34. The van der Waals surface area contributed by atoms with Crippen LogP contribution in [0.3, 0.4) is 0 Å². The highest BCUT2D eigenvalue weighted by Gasteiger charge is 2.19. The minimum absolute atomic E-state index is 0.0796. The fraction of sp³-hybridized carbons (Fsp3) is 0.829. The topological polar surface area (TPSA) is 78.9 Å². The summed E-state index contributed by atoms with van der Waals surface area (Å²) in [5.74, 6) is -0.884. The van der Waals surface area contributed by atoms with Crippen molar-refractivity contribution in [2.45, 2.75) is 393 Å². The molecule has 0 amide bonds. The number of ether oxygens (including phenoxy) is 3. The number of rotatable bonds is 67. The van der Waals surface area contributed by atoms with E-state index in [4.69, 9.17) is 14.2 Å². The molecule has 1 unspecified atom stereocenters. The van der Waals surface area contributed by atoms with Crippen molar-refractivity contribution in [1.29, 1.82) is 0 Å². The fourth-order valence-corrected chi connectivity index (χ4v) is 10.9. The van der Waals surface area contributed by atoms with Gasteiger partial charge < -0.3 is 14.2 Å². The Morgan fingerprint density at radius 1 is 0.256 bits per heavy atom. The molecule has 0 saturated carbocycles. The van der Waals surface area contributed by atoms with Gasteiger partial charge in [-0.05, 0) is 64.2 Å². The van der Waals surface area contributed by atoms with E-state index >= 15 is 0 Å². The summed E-state index contributed by atoms with van der Waals surface area (Å²) in [6.45, 7) is 6.58. The summed E-state index contributed by atoms with van der Waals surface area (Å²) in [6, 6.07) is 0. The lowest BCUT2D eigenvalue weighted by Gasteiger charge is -2.18. The first-order chi connectivity index (χ1) is 40.5. The van der Waals surface area contributed by atoms with Crippen LogP contribution in [0.1, 0.15) is 387 Å². The molecule has 6 nitrogen and oxygen atoms in total. The van der Waals surface area contributed by atoms with Crippen molar-refractivity contribution in [2.24, 2.45) is 0 Å². The Kier molecular flexibility index (Phi) is 68.1. The molecule has 82 heavy (non-hydrogen) atoms. The molecule has 0 saturated heterocycles. The van der Waals surface area contributed by atoms with Gasteiger partial charge in [-0.3, -0.25) is 14.4 Å². The van der Waals surface area contributed by atoms with Gasteiger partial charge in [0.15, 0.2) is 6.10 Å². The summed E-state index contributed by atoms with van der Waals surface area (Å²) in [5, 5.41) is 0. The van der Waals surface area contributed by atoms with Crippen LogP contribution in [0.2, 0.25) is 0 Å². The molecule has 6 heteroatoms. The van der Waals surface area contributed by atoms with Gasteiger partial charge in [0.2, 0.25) is 0 Å². The number of allylic oxidation sites excluding steroid dienone is 10. The number of hydrogen-bond acceptors (Lipinski definition) is 6. The Labute approximate surface area is 510 Å². The molecule has 1 atom stereocenters. The summed E-state index contributed by atoms with van der Waals surface area (Å²) in [5.41, 5.74) is 0. The number of carbonyl (C=O) groups excluding carboxylic acids is 3. The first-order valence-electron chi connectivity index (χ1n) is 36.3. The van der Waals surface area contributed by atoms with E-state index in [1.165, 1.54) is 250 Å². The van der Waals surface area contributed by atoms with E-state index in [-0.39, 0.29) is 31.1 Å². The lowest BCUT2D eigenvalue weighted by Crippen LogP contribution is -2.30. The molecule has 0 aliphatic heterocycles. The molecule has 0 heterocycles. The van der Waals surface area contributed by atoms with Crippen LogP contribution in [0.5, 0.6) is 0 Å². The maximum Gasteiger partial charge on any atom is 0.306 e. The van der Waals surface area contributed by atoms with Crippen LogP contribution in [0.4, 0.5) is 0 Å². The largest absolute Gasteiger partial charge is 0.462 e. The van der Waals surface area contributed by atoms with Crippen LogP contribution in [0.15, 0.2) is 60.8 Å². The number of unbranched alkanes of at least 4 members (excludes halogenated alkanes) is 46. The average Bonchev–Trinajstić information content (AvgIpc) is 3.47. The molecule has 0 fully saturated rings. The van der Waals surface area contributed by atoms with Crippen LogP contribution in [-0.2, 0) is 28.6 Å². The summed E-state index contributed by atoms with van der Waals surface area (Å²) >= 11 is 0. The van der Waals surface area contributed by atoms with Crippen LogP contribution in [-0.4, -0.2) is 37.2 Å². The van der Waals surface area contributed by atoms with Crippen molar-refractivity contribution in [3.8, 4) is 0 Å². The highest BCUT2D eigenvalue weighted by atomic mass is 16.6. The first kappa shape index (κ1) is 79.1. The predicted molar refractivity (Wildman–Crippen MR) is 358 cm³/mol. The fourth-order valence-electron chi connectivity index (χ4n) is 10.9. The van der Waals surface area contributed by atoms with E-state index in [0.717, 1.165) is 96.3 Å². The molecule has 0 aliphatic carbocycles. The summed E-state index contributed by atoms with van der Waals surface area (Å²) in [6.07, 6.45) is 91.1. The van der Waals surface area contributed by atoms with E-state index in [0.29, 0.717) is 19.3 Å². The zero-order valence-electron chi connectivity index (χ0n) is 55.0.